The van der Waals surface area contributed by atoms with Crippen LogP contribution in [0.4, 0.5) is 4.39 Å². The standard InChI is InChI=1S/C26H19FN4O3/c1-15-23(24(31-34-15)16-5-8-18(27)9-6-16)25(32)21-14-29-22-12-17(7-10-20(21)22)26(33)30-13-19-4-2-3-11-28-19/h2-12,14,29H,13H2,1H3,(H,30,33). The third-order valence-electron chi connectivity index (χ3n) is 5.55. The molecule has 0 saturated carbocycles. The van der Waals surface area contributed by atoms with Crippen LogP contribution in [0.2, 0.25) is 0 Å². The molecule has 5 aromatic rings. The van der Waals surface area contributed by atoms with Gasteiger partial charge in [-0.05, 0) is 55.5 Å². The summed E-state index contributed by atoms with van der Waals surface area (Å²) in [6.07, 6.45) is 3.27. The summed E-state index contributed by atoms with van der Waals surface area (Å²) in [4.78, 5) is 33.3. The molecule has 0 unspecified atom stereocenters. The van der Waals surface area contributed by atoms with Gasteiger partial charge < -0.3 is 14.8 Å². The molecule has 0 radical (unpaired) electrons. The van der Waals surface area contributed by atoms with Crippen molar-refractivity contribution in [2.45, 2.75) is 13.5 Å². The minimum atomic E-state index is -0.381. The quantitative estimate of drug-likeness (QED) is 0.358. The lowest BCUT2D eigenvalue weighted by Crippen LogP contribution is -2.23. The molecule has 3 aromatic heterocycles. The predicted octanol–water partition coefficient (Wildman–Crippen LogP) is 4.83. The maximum atomic E-state index is 13.5. The highest BCUT2D eigenvalue weighted by molar-refractivity contribution is 6.19. The van der Waals surface area contributed by atoms with Crippen LogP contribution in [0.1, 0.15) is 37.7 Å². The topological polar surface area (TPSA) is 101 Å². The number of halogens is 1. The molecule has 0 aliphatic rings. The number of pyridine rings is 1. The van der Waals surface area contributed by atoms with Crippen molar-refractivity contribution in [2.24, 2.45) is 0 Å². The summed E-state index contributed by atoms with van der Waals surface area (Å²) in [6.45, 7) is 1.97. The van der Waals surface area contributed by atoms with E-state index in [-0.39, 0.29) is 17.5 Å². The molecule has 34 heavy (non-hydrogen) atoms. The zero-order valence-corrected chi connectivity index (χ0v) is 18.1. The maximum absolute atomic E-state index is 13.5. The first kappa shape index (κ1) is 21.3. The number of H-pyrrole nitrogens is 1. The van der Waals surface area contributed by atoms with Gasteiger partial charge in [0.15, 0.2) is 0 Å². The summed E-state index contributed by atoms with van der Waals surface area (Å²) >= 11 is 0. The summed E-state index contributed by atoms with van der Waals surface area (Å²) in [5, 5.41) is 7.53. The molecule has 7 nitrogen and oxygen atoms in total. The first-order valence-corrected chi connectivity index (χ1v) is 10.6. The number of amides is 1. The number of aryl methyl sites for hydroxylation is 1. The number of fused-ring (bicyclic) bond motifs is 1. The number of ketones is 1. The van der Waals surface area contributed by atoms with Crippen molar-refractivity contribution in [3.05, 3.63) is 107 Å². The fraction of sp³-hybridized carbons (Fsp3) is 0.0769. The Hall–Kier alpha value is -4.59. The number of carbonyl (C=O) groups is 2. The number of aromatic amines is 1. The van der Waals surface area contributed by atoms with Crippen LogP contribution in [-0.2, 0) is 6.54 Å². The summed E-state index contributed by atoms with van der Waals surface area (Å²) in [7, 11) is 0. The second kappa shape index (κ2) is 8.74. The first-order chi connectivity index (χ1) is 16.5. The number of nitrogens with one attached hydrogen (secondary N) is 2. The SMILES string of the molecule is Cc1onc(-c2ccc(F)cc2)c1C(=O)c1c[nH]c2cc(C(=O)NCc3ccccn3)ccc12. The van der Waals surface area contributed by atoms with Crippen molar-refractivity contribution in [3.63, 3.8) is 0 Å². The van der Waals surface area contributed by atoms with Gasteiger partial charge in [-0.2, -0.15) is 0 Å². The first-order valence-electron chi connectivity index (χ1n) is 10.6. The third kappa shape index (κ3) is 3.97. The lowest BCUT2D eigenvalue weighted by molar-refractivity contribution is 0.0950. The van der Waals surface area contributed by atoms with Crippen LogP contribution in [0.15, 0.2) is 77.6 Å². The van der Waals surface area contributed by atoms with Gasteiger partial charge in [-0.3, -0.25) is 14.6 Å². The van der Waals surface area contributed by atoms with Gasteiger partial charge in [0.25, 0.3) is 5.91 Å². The Labute approximate surface area is 193 Å². The monoisotopic (exact) mass is 454 g/mol. The molecule has 3 heterocycles. The van der Waals surface area contributed by atoms with Crippen molar-refractivity contribution in [1.82, 2.24) is 20.4 Å². The van der Waals surface area contributed by atoms with E-state index in [1.54, 1.807) is 49.6 Å². The lowest BCUT2D eigenvalue weighted by Gasteiger charge is -2.05. The summed E-state index contributed by atoms with van der Waals surface area (Å²) < 4.78 is 18.6. The van der Waals surface area contributed by atoms with Crippen molar-refractivity contribution < 1.29 is 18.5 Å². The Morgan fingerprint density at radius 1 is 1.09 bits per heavy atom. The summed E-state index contributed by atoms with van der Waals surface area (Å²) in [5.74, 6) is -0.544. The van der Waals surface area contributed by atoms with Crippen molar-refractivity contribution in [1.29, 1.82) is 0 Å². The normalized spacial score (nSPS) is 11.0. The Kier molecular flexibility index (Phi) is 5.47. The molecular weight excluding hydrogens is 435 g/mol. The molecule has 0 saturated heterocycles. The Morgan fingerprint density at radius 2 is 1.91 bits per heavy atom. The molecule has 0 atom stereocenters. The molecule has 1 amide bonds. The van der Waals surface area contributed by atoms with Gasteiger partial charge >= 0.3 is 0 Å². The van der Waals surface area contributed by atoms with E-state index in [9.17, 15) is 14.0 Å². The van der Waals surface area contributed by atoms with Gasteiger partial charge in [-0.1, -0.05) is 17.3 Å². The van der Waals surface area contributed by atoms with E-state index in [0.717, 1.165) is 5.69 Å². The number of nitrogens with zero attached hydrogens (tertiary/aromatic N) is 2. The van der Waals surface area contributed by atoms with Crippen LogP contribution in [0.25, 0.3) is 22.2 Å². The van der Waals surface area contributed by atoms with Crippen LogP contribution in [0, 0.1) is 12.7 Å². The van der Waals surface area contributed by atoms with E-state index in [4.69, 9.17) is 4.52 Å². The predicted molar refractivity (Wildman–Crippen MR) is 124 cm³/mol. The number of hydrogen-bond donors (Lipinski definition) is 2. The van der Waals surface area contributed by atoms with Crippen LogP contribution in [-0.4, -0.2) is 26.8 Å². The van der Waals surface area contributed by atoms with Gasteiger partial charge in [0.05, 0.1) is 17.8 Å². The molecule has 2 N–H and O–H groups in total. The van der Waals surface area contributed by atoms with Crippen molar-refractivity contribution in [3.8, 4) is 11.3 Å². The average molecular weight is 454 g/mol. The number of hydrogen-bond acceptors (Lipinski definition) is 5. The minimum Gasteiger partial charge on any atom is -0.360 e. The number of rotatable bonds is 6. The van der Waals surface area contributed by atoms with Crippen LogP contribution in [0.3, 0.4) is 0 Å². The fourth-order valence-corrected chi connectivity index (χ4v) is 3.81. The smallest absolute Gasteiger partial charge is 0.251 e. The van der Waals surface area contributed by atoms with E-state index in [1.165, 1.54) is 12.1 Å². The Balaban J connectivity index is 1.42. The Morgan fingerprint density at radius 3 is 2.68 bits per heavy atom. The number of benzene rings is 2. The number of aromatic nitrogens is 3. The minimum absolute atomic E-state index is 0.247. The molecule has 5 rings (SSSR count). The highest BCUT2D eigenvalue weighted by Crippen LogP contribution is 2.30. The second-order valence-corrected chi connectivity index (χ2v) is 7.76. The molecule has 2 aromatic carbocycles. The molecule has 8 heteroatoms. The highest BCUT2D eigenvalue weighted by atomic mass is 19.1. The summed E-state index contributed by atoms with van der Waals surface area (Å²) in [5.41, 5.74) is 3.51. The van der Waals surface area contributed by atoms with Gasteiger partial charge in [0.1, 0.15) is 17.3 Å². The Bertz CT molecular complexity index is 1500. The van der Waals surface area contributed by atoms with Crippen LogP contribution < -0.4 is 5.32 Å². The van der Waals surface area contributed by atoms with E-state index in [0.29, 0.717) is 51.2 Å². The molecule has 0 aliphatic carbocycles. The highest BCUT2D eigenvalue weighted by Gasteiger charge is 2.25. The van der Waals surface area contributed by atoms with Gasteiger partial charge in [0.2, 0.25) is 5.78 Å². The van der Waals surface area contributed by atoms with Crippen LogP contribution in [0.5, 0.6) is 0 Å². The van der Waals surface area contributed by atoms with Crippen molar-refractivity contribution in [2.75, 3.05) is 0 Å². The molecule has 0 aliphatic heterocycles. The van der Waals surface area contributed by atoms with Gasteiger partial charge in [-0.25, -0.2) is 4.39 Å². The zero-order valence-electron chi connectivity index (χ0n) is 18.1. The second-order valence-electron chi connectivity index (χ2n) is 7.76. The van der Waals surface area contributed by atoms with E-state index in [1.807, 2.05) is 18.2 Å². The lowest BCUT2D eigenvalue weighted by atomic mass is 9.97. The van der Waals surface area contributed by atoms with Crippen molar-refractivity contribution >= 4 is 22.6 Å². The molecule has 168 valence electrons. The third-order valence-corrected chi connectivity index (χ3v) is 5.55. The largest absolute Gasteiger partial charge is 0.360 e. The van der Waals surface area contributed by atoms with E-state index in [2.05, 4.69) is 20.4 Å². The molecule has 0 fully saturated rings. The van der Waals surface area contributed by atoms with E-state index < -0.39 is 0 Å². The van der Waals surface area contributed by atoms with Gasteiger partial charge in [0, 0.05) is 40.0 Å². The fourth-order valence-electron chi connectivity index (χ4n) is 3.81. The molecule has 0 spiro atoms. The average Bonchev–Trinajstić information content (AvgIpc) is 3.46. The molecule has 0 bridgehead atoms. The van der Waals surface area contributed by atoms with E-state index >= 15 is 0 Å². The maximum Gasteiger partial charge on any atom is 0.251 e. The molecular formula is C26H19FN4O3. The van der Waals surface area contributed by atoms with Gasteiger partial charge in [-0.15, -0.1) is 0 Å². The van der Waals surface area contributed by atoms with Crippen LogP contribution >= 0.6 is 0 Å². The summed E-state index contributed by atoms with van der Waals surface area (Å²) in [6, 6.07) is 16.3. The zero-order chi connectivity index (χ0) is 23.7. The number of carbonyl (C=O) groups excluding carboxylic acids is 2.